The average Bonchev–Trinajstić information content (AvgIpc) is 2.25. The van der Waals surface area contributed by atoms with Crippen molar-refractivity contribution >= 4 is 23.6 Å². The third-order valence-corrected chi connectivity index (χ3v) is 3.06. The average molecular weight is 254 g/mol. The Morgan fingerprint density at radius 3 is 2.35 bits per heavy atom. The number of nitrogens with one attached hydrogen (secondary N) is 2. The second kappa shape index (κ2) is 5.63. The minimum absolute atomic E-state index is 0.0216. The van der Waals surface area contributed by atoms with E-state index in [-0.39, 0.29) is 5.43 Å². The molecule has 3 nitrogen and oxygen atoms in total. The highest BCUT2D eigenvalue weighted by Gasteiger charge is 2.16. The third-order valence-electron chi connectivity index (χ3n) is 2.67. The first-order chi connectivity index (χ1) is 7.87. The summed E-state index contributed by atoms with van der Waals surface area (Å²) in [5.74, 6) is 0. The van der Waals surface area contributed by atoms with Gasteiger partial charge in [0.2, 0.25) is 5.43 Å². The van der Waals surface area contributed by atoms with Crippen LogP contribution < -0.4 is 16.1 Å². The minimum atomic E-state index is -0.0216. The van der Waals surface area contributed by atoms with Crippen LogP contribution in [-0.4, -0.2) is 13.1 Å². The Morgan fingerprint density at radius 1 is 1.18 bits per heavy atom. The molecular weight excluding hydrogens is 232 g/mol. The van der Waals surface area contributed by atoms with Crippen molar-refractivity contribution < 1.29 is 0 Å². The molecule has 0 unspecified atom stereocenters. The summed E-state index contributed by atoms with van der Waals surface area (Å²) in [4.78, 5) is 11.5. The fourth-order valence-electron chi connectivity index (χ4n) is 1.74. The molecule has 4 heteroatoms. The Kier molecular flexibility index (Phi) is 4.69. The van der Waals surface area contributed by atoms with Gasteiger partial charge in [0.1, 0.15) is 10.2 Å². The first-order valence-corrected chi connectivity index (χ1v) is 6.58. The molecule has 1 aromatic rings. The van der Waals surface area contributed by atoms with Crippen LogP contribution in [0.5, 0.6) is 0 Å². The van der Waals surface area contributed by atoms with Crippen LogP contribution in [0.4, 0.5) is 11.4 Å². The molecule has 0 aromatic heterocycles. The van der Waals surface area contributed by atoms with Gasteiger partial charge in [-0.15, -0.1) is 0 Å². The normalized spacial score (nSPS) is 11.8. The molecule has 0 amide bonds. The molecule has 0 aliphatic rings. The van der Waals surface area contributed by atoms with Crippen molar-refractivity contribution in [3.05, 3.63) is 14.7 Å². The van der Waals surface area contributed by atoms with E-state index in [9.17, 15) is 4.79 Å². The van der Waals surface area contributed by atoms with E-state index in [1.165, 1.54) is 0 Å². The molecule has 2 N–H and O–H groups in total. The zero-order valence-electron chi connectivity index (χ0n) is 11.1. The highest BCUT2D eigenvalue weighted by molar-refractivity contribution is 7.71. The summed E-state index contributed by atoms with van der Waals surface area (Å²) in [6.45, 7) is 10.3. The first kappa shape index (κ1) is 14.2. The van der Waals surface area contributed by atoms with Crippen LogP contribution in [-0.2, 0) is 0 Å². The summed E-state index contributed by atoms with van der Waals surface area (Å²) in [6.07, 6.45) is 2.20. The summed E-state index contributed by atoms with van der Waals surface area (Å²) >= 11 is 5.00. The molecule has 0 bridgehead atoms. The van der Waals surface area contributed by atoms with Crippen LogP contribution in [0, 0.1) is 9.93 Å². The highest BCUT2D eigenvalue weighted by Crippen LogP contribution is 2.24. The lowest BCUT2D eigenvalue weighted by Crippen LogP contribution is -2.22. The van der Waals surface area contributed by atoms with Crippen molar-refractivity contribution in [2.24, 2.45) is 5.41 Å². The molecule has 0 radical (unpaired) electrons. The lowest BCUT2D eigenvalue weighted by molar-refractivity contribution is 0.370. The van der Waals surface area contributed by atoms with Gasteiger partial charge in [0, 0.05) is 13.1 Å². The van der Waals surface area contributed by atoms with Gasteiger partial charge < -0.3 is 10.6 Å². The van der Waals surface area contributed by atoms with E-state index in [1.54, 1.807) is 0 Å². The Bertz CT molecular complexity index is 439. The molecule has 0 aliphatic carbocycles. The van der Waals surface area contributed by atoms with E-state index in [2.05, 4.69) is 31.4 Å². The van der Waals surface area contributed by atoms with Crippen LogP contribution >= 0.6 is 12.2 Å². The van der Waals surface area contributed by atoms with Gasteiger partial charge in [0.05, 0.1) is 5.69 Å². The maximum Gasteiger partial charge on any atom is 0.223 e. The second-order valence-electron chi connectivity index (χ2n) is 5.53. The summed E-state index contributed by atoms with van der Waals surface area (Å²) in [6, 6.07) is 0. The lowest BCUT2D eigenvalue weighted by Gasteiger charge is -2.19. The van der Waals surface area contributed by atoms with E-state index in [1.807, 2.05) is 6.92 Å². The van der Waals surface area contributed by atoms with Crippen molar-refractivity contribution in [3.8, 4) is 0 Å². The Morgan fingerprint density at radius 2 is 1.82 bits per heavy atom. The van der Waals surface area contributed by atoms with Crippen LogP contribution in [0.3, 0.4) is 0 Å². The summed E-state index contributed by atoms with van der Waals surface area (Å²) < 4.78 is 0.435. The van der Waals surface area contributed by atoms with E-state index in [0.717, 1.165) is 31.6 Å². The SMILES string of the molecule is CCNc1c(NCCCC(C)(C)C)c(=O)c1=S. The van der Waals surface area contributed by atoms with Gasteiger partial charge >= 0.3 is 0 Å². The monoisotopic (exact) mass is 254 g/mol. The Balaban J connectivity index is 2.45. The lowest BCUT2D eigenvalue weighted by atomic mass is 9.90. The van der Waals surface area contributed by atoms with Gasteiger partial charge in [-0.05, 0) is 25.2 Å². The largest absolute Gasteiger partial charge is 0.382 e. The molecule has 17 heavy (non-hydrogen) atoms. The topological polar surface area (TPSA) is 41.1 Å². The summed E-state index contributed by atoms with van der Waals surface area (Å²) in [7, 11) is 0. The molecule has 0 heterocycles. The Labute approximate surface area is 108 Å². The fourth-order valence-corrected chi connectivity index (χ4v) is 2.01. The molecule has 0 saturated carbocycles. The van der Waals surface area contributed by atoms with Crippen LogP contribution in [0.15, 0.2) is 4.79 Å². The Hall–Kier alpha value is -0.900. The zero-order chi connectivity index (χ0) is 13.1. The molecule has 1 aromatic carbocycles. The summed E-state index contributed by atoms with van der Waals surface area (Å²) in [5, 5.41) is 6.31. The molecular formula is C13H22N2OS. The van der Waals surface area contributed by atoms with E-state index < -0.39 is 0 Å². The van der Waals surface area contributed by atoms with Crippen LogP contribution in [0.2, 0.25) is 0 Å². The molecule has 0 saturated heterocycles. The van der Waals surface area contributed by atoms with Crippen molar-refractivity contribution in [2.75, 3.05) is 23.7 Å². The second-order valence-corrected chi connectivity index (χ2v) is 5.94. The molecule has 0 fully saturated rings. The smallest absolute Gasteiger partial charge is 0.223 e. The minimum Gasteiger partial charge on any atom is -0.382 e. The number of rotatable bonds is 6. The third kappa shape index (κ3) is 3.80. The molecule has 0 atom stereocenters. The number of hydrogen-bond donors (Lipinski definition) is 2. The van der Waals surface area contributed by atoms with Gasteiger partial charge in [-0.1, -0.05) is 33.0 Å². The van der Waals surface area contributed by atoms with Gasteiger partial charge in [-0.3, -0.25) is 4.79 Å². The number of anilines is 2. The van der Waals surface area contributed by atoms with Gasteiger partial charge in [-0.25, -0.2) is 0 Å². The van der Waals surface area contributed by atoms with Gasteiger partial charge in [0.25, 0.3) is 0 Å². The van der Waals surface area contributed by atoms with Crippen molar-refractivity contribution in [1.29, 1.82) is 0 Å². The predicted molar refractivity (Wildman–Crippen MR) is 77.3 cm³/mol. The van der Waals surface area contributed by atoms with Crippen LogP contribution in [0.1, 0.15) is 40.5 Å². The predicted octanol–water partition coefficient (Wildman–Crippen LogP) is 3.32. The molecule has 1 rings (SSSR count). The van der Waals surface area contributed by atoms with E-state index in [4.69, 9.17) is 12.2 Å². The maximum atomic E-state index is 11.5. The van der Waals surface area contributed by atoms with Crippen LogP contribution in [0.25, 0.3) is 0 Å². The van der Waals surface area contributed by atoms with Crippen molar-refractivity contribution in [1.82, 2.24) is 0 Å². The number of hydrogen-bond acceptors (Lipinski definition) is 4. The standard InChI is InChI=1S/C13H22N2OS/c1-5-14-10-9(11(16)12(10)17)15-8-6-7-13(2,3)4/h14-15H,5-8H2,1-4H3. The first-order valence-electron chi connectivity index (χ1n) is 6.18. The van der Waals surface area contributed by atoms with Gasteiger partial charge in [0.15, 0.2) is 0 Å². The van der Waals surface area contributed by atoms with E-state index in [0.29, 0.717) is 15.6 Å². The molecule has 96 valence electrons. The fraction of sp³-hybridized carbons (Fsp3) is 0.692. The maximum absolute atomic E-state index is 11.5. The zero-order valence-corrected chi connectivity index (χ0v) is 12.0. The van der Waals surface area contributed by atoms with Gasteiger partial charge in [-0.2, -0.15) is 0 Å². The van der Waals surface area contributed by atoms with Crippen molar-refractivity contribution in [3.63, 3.8) is 0 Å². The van der Waals surface area contributed by atoms with Crippen molar-refractivity contribution in [2.45, 2.75) is 40.5 Å². The molecule has 0 spiro atoms. The quantitative estimate of drug-likeness (QED) is 0.603. The highest BCUT2D eigenvalue weighted by atomic mass is 32.1. The molecule has 0 aliphatic heterocycles. The summed E-state index contributed by atoms with van der Waals surface area (Å²) in [5.41, 5.74) is 1.82. The van der Waals surface area contributed by atoms with E-state index >= 15 is 0 Å².